The molecule has 1 amide bonds. The van der Waals surface area contributed by atoms with Crippen molar-refractivity contribution in [2.45, 2.75) is 20.3 Å². The Balaban J connectivity index is 2.13. The summed E-state index contributed by atoms with van der Waals surface area (Å²) in [6, 6.07) is 13.2. The quantitative estimate of drug-likeness (QED) is 0.825. The van der Waals surface area contributed by atoms with Crippen LogP contribution in [-0.4, -0.2) is 5.91 Å². The molecule has 0 aliphatic carbocycles. The van der Waals surface area contributed by atoms with Gasteiger partial charge < -0.3 is 11.1 Å². The Labute approximate surface area is 113 Å². The van der Waals surface area contributed by atoms with Crippen LogP contribution in [0, 0.1) is 6.92 Å². The standard InChI is InChI=1S/C16H18N2O/c1-3-12-5-8-14(9-6-12)18-16(19)13-7-4-11(2)15(17)10-13/h4-10H,3,17H2,1-2H3,(H,18,19). The first-order valence-corrected chi connectivity index (χ1v) is 6.36. The molecule has 0 fully saturated rings. The molecule has 0 unspecified atom stereocenters. The average molecular weight is 254 g/mol. The molecule has 2 aromatic carbocycles. The van der Waals surface area contributed by atoms with Crippen LogP contribution in [0.5, 0.6) is 0 Å². The molecule has 19 heavy (non-hydrogen) atoms. The molecule has 3 N–H and O–H groups in total. The van der Waals surface area contributed by atoms with Gasteiger partial charge in [0.25, 0.3) is 5.91 Å². The normalized spacial score (nSPS) is 10.2. The largest absolute Gasteiger partial charge is 0.398 e. The van der Waals surface area contributed by atoms with Gasteiger partial charge in [0.2, 0.25) is 0 Å². The summed E-state index contributed by atoms with van der Waals surface area (Å²) in [7, 11) is 0. The Morgan fingerprint density at radius 3 is 2.42 bits per heavy atom. The third kappa shape index (κ3) is 3.13. The van der Waals surface area contributed by atoms with Crippen LogP contribution in [-0.2, 0) is 6.42 Å². The Kier molecular flexibility index (Phi) is 3.85. The Morgan fingerprint density at radius 2 is 1.84 bits per heavy atom. The van der Waals surface area contributed by atoms with E-state index < -0.39 is 0 Å². The number of amides is 1. The highest BCUT2D eigenvalue weighted by Crippen LogP contribution is 2.15. The Hall–Kier alpha value is -2.29. The number of anilines is 2. The van der Waals surface area contributed by atoms with E-state index in [-0.39, 0.29) is 5.91 Å². The van der Waals surface area contributed by atoms with Crippen LogP contribution in [0.1, 0.15) is 28.4 Å². The van der Waals surface area contributed by atoms with Crippen LogP contribution >= 0.6 is 0 Å². The van der Waals surface area contributed by atoms with Crippen LogP contribution in [0.3, 0.4) is 0 Å². The maximum absolute atomic E-state index is 12.1. The monoisotopic (exact) mass is 254 g/mol. The molecular formula is C16H18N2O. The summed E-state index contributed by atoms with van der Waals surface area (Å²) in [5, 5.41) is 2.86. The van der Waals surface area contributed by atoms with Crippen molar-refractivity contribution in [1.29, 1.82) is 0 Å². The lowest BCUT2D eigenvalue weighted by atomic mass is 10.1. The second-order valence-electron chi connectivity index (χ2n) is 4.58. The summed E-state index contributed by atoms with van der Waals surface area (Å²) >= 11 is 0. The number of nitrogens with one attached hydrogen (secondary N) is 1. The summed E-state index contributed by atoms with van der Waals surface area (Å²) < 4.78 is 0. The molecule has 0 atom stereocenters. The van der Waals surface area contributed by atoms with Crippen molar-refractivity contribution in [2.75, 3.05) is 11.1 Å². The van der Waals surface area contributed by atoms with E-state index in [1.54, 1.807) is 12.1 Å². The lowest BCUT2D eigenvalue weighted by molar-refractivity contribution is 0.102. The number of hydrogen-bond acceptors (Lipinski definition) is 2. The second-order valence-corrected chi connectivity index (χ2v) is 4.58. The van der Waals surface area contributed by atoms with Gasteiger partial charge in [0.05, 0.1) is 0 Å². The SMILES string of the molecule is CCc1ccc(NC(=O)c2ccc(C)c(N)c2)cc1. The first-order valence-electron chi connectivity index (χ1n) is 6.36. The molecule has 0 saturated carbocycles. The van der Waals surface area contributed by atoms with Gasteiger partial charge in [-0.25, -0.2) is 0 Å². The lowest BCUT2D eigenvalue weighted by Gasteiger charge is -2.07. The molecule has 0 saturated heterocycles. The van der Waals surface area contributed by atoms with Gasteiger partial charge >= 0.3 is 0 Å². The van der Waals surface area contributed by atoms with Crippen molar-refractivity contribution in [1.82, 2.24) is 0 Å². The van der Waals surface area contributed by atoms with Crippen LogP contribution in [0.15, 0.2) is 42.5 Å². The van der Waals surface area contributed by atoms with Gasteiger partial charge in [0, 0.05) is 16.9 Å². The zero-order valence-electron chi connectivity index (χ0n) is 11.2. The number of rotatable bonds is 3. The number of nitrogen functional groups attached to an aromatic ring is 1. The molecule has 0 aromatic heterocycles. The average Bonchev–Trinajstić information content (AvgIpc) is 2.42. The van der Waals surface area contributed by atoms with Gasteiger partial charge in [-0.2, -0.15) is 0 Å². The third-order valence-corrected chi connectivity index (χ3v) is 3.16. The third-order valence-electron chi connectivity index (χ3n) is 3.16. The fourth-order valence-electron chi connectivity index (χ4n) is 1.81. The Bertz CT molecular complexity index is 588. The zero-order valence-corrected chi connectivity index (χ0v) is 11.2. The van der Waals surface area contributed by atoms with E-state index in [0.717, 1.165) is 17.7 Å². The Morgan fingerprint density at radius 1 is 1.16 bits per heavy atom. The number of hydrogen-bond donors (Lipinski definition) is 2. The smallest absolute Gasteiger partial charge is 0.255 e. The number of carbonyl (C=O) groups excluding carboxylic acids is 1. The van der Waals surface area contributed by atoms with Crippen molar-refractivity contribution in [3.8, 4) is 0 Å². The number of nitrogens with two attached hydrogens (primary N) is 1. The molecule has 0 spiro atoms. The summed E-state index contributed by atoms with van der Waals surface area (Å²) in [5.41, 5.74) is 10.0. The van der Waals surface area contributed by atoms with Crippen molar-refractivity contribution in [3.05, 3.63) is 59.2 Å². The fraction of sp³-hybridized carbons (Fsp3) is 0.188. The van der Waals surface area contributed by atoms with E-state index in [1.807, 2.05) is 37.3 Å². The predicted molar refractivity (Wildman–Crippen MR) is 79.4 cm³/mol. The van der Waals surface area contributed by atoms with E-state index >= 15 is 0 Å². The minimum atomic E-state index is -0.143. The molecule has 2 aromatic rings. The summed E-state index contributed by atoms with van der Waals surface area (Å²) in [6.07, 6.45) is 0.989. The van der Waals surface area contributed by atoms with E-state index in [9.17, 15) is 4.79 Å². The van der Waals surface area contributed by atoms with Gasteiger partial charge in [-0.05, 0) is 48.7 Å². The molecule has 0 aliphatic rings. The lowest BCUT2D eigenvalue weighted by Crippen LogP contribution is -2.12. The van der Waals surface area contributed by atoms with Crippen molar-refractivity contribution in [2.24, 2.45) is 0 Å². The molecule has 0 heterocycles. The molecule has 2 rings (SSSR count). The van der Waals surface area contributed by atoms with Crippen molar-refractivity contribution < 1.29 is 4.79 Å². The highest BCUT2D eigenvalue weighted by Gasteiger charge is 2.07. The number of aryl methyl sites for hydroxylation is 2. The number of carbonyl (C=O) groups is 1. The van der Waals surface area contributed by atoms with Crippen molar-refractivity contribution >= 4 is 17.3 Å². The van der Waals surface area contributed by atoms with Crippen LogP contribution < -0.4 is 11.1 Å². The minimum Gasteiger partial charge on any atom is -0.398 e. The summed E-state index contributed by atoms with van der Waals surface area (Å²) in [6.45, 7) is 4.02. The predicted octanol–water partition coefficient (Wildman–Crippen LogP) is 3.39. The molecule has 3 nitrogen and oxygen atoms in total. The summed E-state index contributed by atoms with van der Waals surface area (Å²) in [4.78, 5) is 12.1. The highest BCUT2D eigenvalue weighted by atomic mass is 16.1. The zero-order chi connectivity index (χ0) is 13.8. The van der Waals surface area contributed by atoms with Gasteiger partial charge in [0.15, 0.2) is 0 Å². The molecule has 3 heteroatoms. The first kappa shape index (κ1) is 13.1. The second kappa shape index (κ2) is 5.57. The minimum absolute atomic E-state index is 0.143. The highest BCUT2D eigenvalue weighted by molar-refractivity contribution is 6.04. The van der Waals surface area contributed by atoms with E-state index in [4.69, 9.17) is 5.73 Å². The maximum Gasteiger partial charge on any atom is 0.255 e. The first-order chi connectivity index (χ1) is 9.10. The van der Waals surface area contributed by atoms with Crippen molar-refractivity contribution in [3.63, 3.8) is 0 Å². The number of benzene rings is 2. The molecule has 98 valence electrons. The molecule has 0 aliphatic heterocycles. The topological polar surface area (TPSA) is 55.1 Å². The van der Waals surface area contributed by atoms with E-state index in [2.05, 4.69) is 12.2 Å². The molecular weight excluding hydrogens is 236 g/mol. The van der Waals surface area contributed by atoms with Gasteiger partial charge in [0.1, 0.15) is 0 Å². The fourth-order valence-corrected chi connectivity index (χ4v) is 1.81. The molecule has 0 radical (unpaired) electrons. The van der Waals surface area contributed by atoms with Crippen LogP contribution in [0.2, 0.25) is 0 Å². The summed E-state index contributed by atoms with van der Waals surface area (Å²) in [5.74, 6) is -0.143. The van der Waals surface area contributed by atoms with Crippen LogP contribution in [0.4, 0.5) is 11.4 Å². The maximum atomic E-state index is 12.1. The van der Waals surface area contributed by atoms with Gasteiger partial charge in [-0.15, -0.1) is 0 Å². The van der Waals surface area contributed by atoms with Crippen LogP contribution in [0.25, 0.3) is 0 Å². The van der Waals surface area contributed by atoms with E-state index in [1.165, 1.54) is 5.56 Å². The molecule has 0 bridgehead atoms. The van der Waals surface area contributed by atoms with Gasteiger partial charge in [-0.3, -0.25) is 4.79 Å². The van der Waals surface area contributed by atoms with E-state index in [0.29, 0.717) is 11.3 Å². The van der Waals surface area contributed by atoms with Gasteiger partial charge in [-0.1, -0.05) is 25.1 Å².